The molecule has 0 aliphatic heterocycles. The lowest BCUT2D eigenvalue weighted by molar-refractivity contribution is 0.193. The molecule has 0 spiro atoms. The van der Waals surface area contributed by atoms with Crippen LogP contribution in [0.4, 0.5) is 0 Å². The first kappa shape index (κ1) is 13.4. The van der Waals surface area contributed by atoms with Gasteiger partial charge in [-0.1, -0.05) is 12.1 Å². The maximum absolute atomic E-state index is 6.32. The van der Waals surface area contributed by atoms with Crippen molar-refractivity contribution in [1.29, 1.82) is 0 Å². The molecule has 2 rings (SSSR count). The number of hydrogen-bond acceptors (Lipinski definition) is 2. The van der Waals surface area contributed by atoms with Gasteiger partial charge < -0.3 is 9.30 Å². The van der Waals surface area contributed by atoms with Gasteiger partial charge >= 0.3 is 0 Å². The number of alkyl halides is 1. The van der Waals surface area contributed by atoms with Gasteiger partial charge in [-0.05, 0) is 25.5 Å². The minimum Gasteiger partial charge on any atom is -0.385 e. The molecule has 3 nitrogen and oxygen atoms in total. The number of aromatic nitrogens is 2. The van der Waals surface area contributed by atoms with Gasteiger partial charge in [0.15, 0.2) is 0 Å². The van der Waals surface area contributed by atoms with Crippen LogP contribution in [-0.4, -0.2) is 28.6 Å². The molecule has 98 valence electrons. The monoisotopic (exact) mass is 266 g/mol. The van der Waals surface area contributed by atoms with Crippen molar-refractivity contribution in [3.8, 4) is 0 Å². The molecule has 4 heteroatoms. The highest BCUT2D eigenvalue weighted by molar-refractivity contribution is 6.20. The van der Waals surface area contributed by atoms with Gasteiger partial charge in [0.1, 0.15) is 5.82 Å². The molecule has 1 unspecified atom stereocenters. The van der Waals surface area contributed by atoms with Crippen LogP contribution in [0.2, 0.25) is 0 Å². The van der Waals surface area contributed by atoms with E-state index in [2.05, 4.69) is 22.5 Å². The predicted molar refractivity (Wildman–Crippen MR) is 75.2 cm³/mol. The van der Waals surface area contributed by atoms with Crippen LogP contribution >= 0.6 is 11.6 Å². The standard InChI is InChI=1S/C14H19ClN2O/c1-3-17-13-7-5-4-6-12(13)16-14(17)10-11(15)8-9-18-2/h4-7,11H,3,8-10H2,1-2H3. The Balaban J connectivity index is 2.21. The average Bonchev–Trinajstić information content (AvgIpc) is 2.73. The molecule has 0 saturated heterocycles. The van der Waals surface area contributed by atoms with Gasteiger partial charge in [-0.3, -0.25) is 0 Å². The second-order valence-corrected chi connectivity index (χ2v) is 4.96. The first-order valence-corrected chi connectivity index (χ1v) is 6.77. The van der Waals surface area contributed by atoms with E-state index in [1.807, 2.05) is 18.2 Å². The van der Waals surface area contributed by atoms with Crippen molar-refractivity contribution in [2.45, 2.75) is 31.7 Å². The largest absolute Gasteiger partial charge is 0.385 e. The summed E-state index contributed by atoms with van der Waals surface area (Å²) in [5.41, 5.74) is 2.23. The fourth-order valence-electron chi connectivity index (χ4n) is 2.18. The quantitative estimate of drug-likeness (QED) is 0.751. The molecule has 0 amide bonds. The summed E-state index contributed by atoms with van der Waals surface area (Å²) in [7, 11) is 1.70. The Morgan fingerprint density at radius 3 is 2.89 bits per heavy atom. The average molecular weight is 267 g/mol. The number of benzene rings is 1. The van der Waals surface area contributed by atoms with Crippen molar-refractivity contribution in [2.75, 3.05) is 13.7 Å². The van der Waals surface area contributed by atoms with Gasteiger partial charge in [0.05, 0.1) is 11.0 Å². The number of fused-ring (bicyclic) bond motifs is 1. The van der Waals surface area contributed by atoms with E-state index in [1.165, 1.54) is 5.52 Å². The molecule has 0 radical (unpaired) electrons. The molecule has 18 heavy (non-hydrogen) atoms. The third-order valence-electron chi connectivity index (χ3n) is 3.09. The van der Waals surface area contributed by atoms with Gasteiger partial charge in [0, 0.05) is 32.1 Å². The van der Waals surface area contributed by atoms with Crippen molar-refractivity contribution < 1.29 is 4.74 Å². The van der Waals surface area contributed by atoms with Gasteiger partial charge in [0.25, 0.3) is 0 Å². The summed E-state index contributed by atoms with van der Waals surface area (Å²) in [6.07, 6.45) is 1.64. The van der Waals surface area contributed by atoms with Crippen LogP contribution in [0.25, 0.3) is 11.0 Å². The number of aryl methyl sites for hydroxylation is 1. The second kappa shape index (κ2) is 6.21. The summed E-state index contributed by atoms with van der Waals surface area (Å²) in [5, 5.41) is 0.0760. The molecule has 1 heterocycles. The van der Waals surface area contributed by atoms with Gasteiger partial charge in [0.2, 0.25) is 0 Å². The van der Waals surface area contributed by atoms with E-state index in [1.54, 1.807) is 7.11 Å². The second-order valence-electron chi connectivity index (χ2n) is 4.34. The zero-order valence-corrected chi connectivity index (χ0v) is 11.7. The highest BCUT2D eigenvalue weighted by Crippen LogP contribution is 2.19. The zero-order chi connectivity index (χ0) is 13.0. The van der Waals surface area contributed by atoms with E-state index in [-0.39, 0.29) is 5.38 Å². The smallest absolute Gasteiger partial charge is 0.111 e. The van der Waals surface area contributed by atoms with Crippen LogP contribution in [0, 0.1) is 0 Å². The molecule has 1 atom stereocenters. The van der Waals surface area contributed by atoms with Gasteiger partial charge in [-0.25, -0.2) is 4.98 Å². The molecular formula is C14H19ClN2O. The van der Waals surface area contributed by atoms with Crippen molar-refractivity contribution in [2.24, 2.45) is 0 Å². The fraction of sp³-hybridized carbons (Fsp3) is 0.500. The van der Waals surface area contributed by atoms with Crippen LogP contribution in [0.5, 0.6) is 0 Å². The summed E-state index contributed by atoms with van der Waals surface area (Å²) >= 11 is 6.32. The Bertz CT molecular complexity index is 509. The molecule has 1 aromatic carbocycles. The molecule has 1 aromatic heterocycles. The number of para-hydroxylation sites is 2. The molecule has 0 aliphatic carbocycles. The summed E-state index contributed by atoms with van der Waals surface area (Å²) in [4.78, 5) is 4.67. The number of methoxy groups -OCH3 is 1. The highest BCUT2D eigenvalue weighted by Gasteiger charge is 2.13. The fourth-order valence-corrected chi connectivity index (χ4v) is 2.41. The molecule has 0 bridgehead atoms. The molecule has 0 fully saturated rings. The first-order valence-electron chi connectivity index (χ1n) is 6.33. The predicted octanol–water partition coefficient (Wildman–Crippen LogP) is 3.24. The normalized spacial score (nSPS) is 13.1. The highest BCUT2D eigenvalue weighted by atomic mass is 35.5. The number of ether oxygens (including phenoxy) is 1. The third-order valence-corrected chi connectivity index (χ3v) is 3.46. The van der Waals surface area contributed by atoms with Crippen molar-refractivity contribution in [3.63, 3.8) is 0 Å². The molecule has 2 aromatic rings. The third kappa shape index (κ3) is 2.85. The van der Waals surface area contributed by atoms with Gasteiger partial charge in [-0.15, -0.1) is 11.6 Å². The Labute approximate surface area is 113 Å². The Hall–Kier alpha value is -1.06. The van der Waals surface area contributed by atoms with E-state index >= 15 is 0 Å². The van der Waals surface area contributed by atoms with Crippen LogP contribution in [0.1, 0.15) is 19.2 Å². The lowest BCUT2D eigenvalue weighted by Gasteiger charge is -2.10. The van der Waals surface area contributed by atoms with Crippen molar-refractivity contribution in [1.82, 2.24) is 9.55 Å². The molecule has 0 aliphatic rings. The molecule has 0 N–H and O–H groups in total. The summed E-state index contributed by atoms with van der Waals surface area (Å²) in [6, 6.07) is 8.21. The van der Waals surface area contributed by atoms with E-state index in [9.17, 15) is 0 Å². The van der Waals surface area contributed by atoms with Crippen LogP contribution in [0.3, 0.4) is 0 Å². The summed E-state index contributed by atoms with van der Waals surface area (Å²) in [6.45, 7) is 3.75. The van der Waals surface area contributed by atoms with Crippen molar-refractivity contribution in [3.05, 3.63) is 30.1 Å². The van der Waals surface area contributed by atoms with E-state index < -0.39 is 0 Å². The molecular weight excluding hydrogens is 248 g/mol. The lowest BCUT2D eigenvalue weighted by atomic mass is 10.2. The van der Waals surface area contributed by atoms with E-state index in [0.717, 1.165) is 30.7 Å². The minimum atomic E-state index is 0.0760. The number of imidazole rings is 1. The Kier molecular flexibility index (Phi) is 4.61. The number of rotatable bonds is 6. The van der Waals surface area contributed by atoms with Crippen LogP contribution in [-0.2, 0) is 17.7 Å². The minimum absolute atomic E-state index is 0.0760. The van der Waals surface area contributed by atoms with Crippen molar-refractivity contribution >= 4 is 22.6 Å². The zero-order valence-electron chi connectivity index (χ0n) is 10.9. The Morgan fingerprint density at radius 1 is 1.39 bits per heavy atom. The maximum Gasteiger partial charge on any atom is 0.111 e. The van der Waals surface area contributed by atoms with Gasteiger partial charge in [-0.2, -0.15) is 0 Å². The molecule has 0 saturated carbocycles. The Morgan fingerprint density at radius 2 is 2.17 bits per heavy atom. The maximum atomic E-state index is 6.32. The number of halogens is 1. The van der Waals surface area contributed by atoms with Crippen LogP contribution < -0.4 is 0 Å². The summed E-state index contributed by atoms with van der Waals surface area (Å²) in [5.74, 6) is 1.06. The SMILES string of the molecule is CCn1c(CC(Cl)CCOC)nc2ccccc21. The summed E-state index contributed by atoms with van der Waals surface area (Å²) < 4.78 is 7.29. The lowest BCUT2D eigenvalue weighted by Crippen LogP contribution is -2.11. The van der Waals surface area contributed by atoms with E-state index in [4.69, 9.17) is 16.3 Å². The van der Waals surface area contributed by atoms with E-state index in [0.29, 0.717) is 6.61 Å². The van der Waals surface area contributed by atoms with Crippen LogP contribution in [0.15, 0.2) is 24.3 Å². The number of nitrogens with zero attached hydrogens (tertiary/aromatic N) is 2. The topological polar surface area (TPSA) is 27.1 Å². The first-order chi connectivity index (χ1) is 8.76. The number of hydrogen-bond donors (Lipinski definition) is 0.